The normalized spacial score (nSPS) is 11.7. The first-order valence-electron chi connectivity index (χ1n) is 6.82. The van der Waals surface area contributed by atoms with Gasteiger partial charge in [-0.3, -0.25) is 4.79 Å². The summed E-state index contributed by atoms with van der Waals surface area (Å²) in [5.74, 6) is 7.90. The number of carbonyl (C=O) groups is 1. The van der Waals surface area contributed by atoms with Crippen molar-refractivity contribution >= 4 is 16.9 Å². The van der Waals surface area contributed by atoms with Crippen LogP contribution in [0.5, 0.6) is 0 Å². The van der Waals surface area contributed by atoms with Crippen molar-refractivity contribution < 1.29 is 4.79 Å². The Hall–Kier alpha value is -0.420. The molecule has 0 fully saturated rings. The average Bonchev–Trinajstić information content (AvgIpc) is 2.31. The van der Waals surface area contributed by atoms with Gasteiger partial charge in [0.2, 0.25) is 0 Å². The molecule has 0 aromatic heterocycles. The number of hydrogen-bond acceptors (Lipinski definition) is 2. The number of hydrogen-bond donors (Lipinski definition) is 0. The molecule has 0 N–H and O–H groups in total. The van der Waals surface area contributed by atoms with Crippen molar-refractivity contribution in [3.63, 3.8) is 0 Å². The van der Waals surface area contributed by atoms with E-state index in [9.17, 15) is 4.79 Å². The lowest BCUT2D eigenvalue weighted by Crippen LogP contribution is -2.02. The zero-order chi connectivity index (χ0) is 12.9. The fourth-order valence-electron chi connectivity index (χ4n) is 1.55. The highest BCUT2D eigenvalue weighted by atomic mass is 32.2. The van der Waals surface area contributed by atoms with Gasteiger partial charge >= 0.3 is 0 Å². The second kappa shape index (κ2) is 12.0. The Balaban J connectivity index is 3.93. The molecule has 0 amide bonds. The molecule has 0 aliphatic rings. The van der Waals surface area contributed by atoms with Gasteiger partial charge in [-0.25, -0.2) is 0 Å². The van der Waals surface area contributed by atoms with E-state index in [4.69, 9.17) is 0 Å². The van der Waals surface area contributed by atoms with E-state index in [0.717, 1.165) is 18.6 Å². The fraction of sp³-hybridized carbons (Fsp3) is 0.800. The number of rotatable bonds is 8. The maximum Gasteiger partial charge on any atom is 0.185 e. The summed E-state index contributed by atoms with van der Waals surface area (Å²) in [5, 5.41) is 0.208. The summed E-state index contributed by atoms with van der Waals surface area (Å²) >= 11 is 1.42. The largest absolute Gasteiger partial charge is 0.288 e. The Bertz CT molecular complexity index is 249. The zero-order valence-electron chi connectivity index (χ0n) is 11.6. The molecule has 2 heteroatoms. The summed E-state index contributed by atoms with van der Waals surface area (Å²) in [6, 6.07) is 0. The molecule has 0 heterocycles. The van der Waals surface area contributed by atoms with Gasteiger partial charge in [-0.1, -0.05) is 57.2 Å². The first-order chi connectivity index (χ1) is 8.20. The second-order valence-corrected chi connectivity index (χ2v) is 5.62. The predicted molar refractivity (Wildman–Crippen MR) is 78.1 cm³/mol. The Kier molecular flexibility index (Phi) is 11.8. The lowest BCUT2D eigenvalue weighted by Gasteiger charge is -2.07. The lowest BCUT2D eigenvalue weighted by atomic mass is 10.0. The average molecular weight is 254 g/mol. The van der Waals surface area contributed by atoms with Gasteiger partial charge in [0.1, 0.15) is 0 Å². The highest BCUT2D eigenvalue weighted by molar-refractivity contribution is 8.13. The van der Waals surface area contributed by atoms with Crippen LogP contribution in [0.15, 0.2) is 0 Å². The minimum atomic E-state index is 0.208. The summed E-state index contributed by atoms with van der Waals surface area (Å²) in [7, 11) is 0. The molecule has 0 aliphatic heterocycles. The van der Waals surface area contributed by atoms with Crippen molar-refractivity contribution in [2.45, 2.75) is 65.7 Å². The standard InChI is InChI=1S/C15H26OS/c1-4-6-8-9-10-12-15(11-7-5-2)13-17-14(3)16/h15H,4-9,11,13H2,1-3H3. The number of thioether (sulfide) groups is 1. The molecule has 0 bridgehead atoms. The van der Waals surface area contributed by atoms with Crippen LogP contribution in [-0.4, -0.2) is 10.9 Å². The van der Waals surface area contributed by atoms with Crippen molar-refractivity contribution in [2.75, 3.05) is 5.75 Å². The van der Waals surface area contributed by atoms with Crippen LogP contribution in [0.3, 0.4) is 0 Å². The minimum Gasteiger partial charge on any atom is -0.288 e. The van der Waals surface area contributed by atoms with E-state index in [2.05, 4.69) is 25.7 Å². The molecule has 0 rings (SSSR count). The van der Waals surface area contributed by atoms with E-state index in [0.29, 0.717) is 5.92 Å². The molecule has 1 unspecified atom stereocenters. The Morgan fingerprint density at radius 1 is 1.18 bits per heavy atom. The summed E-state index contributed by atoms with van der Waals surface area (Å²) in [4.78, 5) is 11.0. The summed E-state index contributed by atoms with van der Waals surface area (Å²) in [6.45, 7) is 6.04. The third kappa shape index (κ3) is 11.8. The van der Waals surface area contributed by atoms with Crippen LogP contribution in [0.4, 0.5) is 0 Å². The van der Waals surface area contributed by atoms with Crippen molar-refractivity contribution in [3.8, 4) is 11.8 Å². The van der Waals surface area contributed by atoms with Crippen molar-refractivity contribution in [1.82, 2.24) is 0 Å². The fourth-order valence-corrected chi connectivity index (χ4v) is 2.23. The first-order valence-corrected chi connectivity index (χ1v) is 7.81. The topological polar surface area (TPSA) is 17.1 Å². The molecule has 0 aromatic carbocycles. The molecule has 1 nitrogen and oxygen atoms in total. The molecule has 0 aliphatic carbocycles. The van der Waals surface area contributed by atoms with Crippen LogP contribution in [0.2, 0.25) is 0 Å². The maximum atomic E-state index is 11.0. The monoisotopic (exact) mass is 254 g/mol. The number of unbranched alkanes of at least 4 members (excludes halogenated alkanes) is 4. The molecule has 0 aromatic rings. The third-order valence-electron chi connectivity index (χ3n) is 2.61. The van der Waals surface area contributed by atoms with Crippen LogP contribution < -0.4 is 0 Å². The highest BCUT2D eigenvalue weighted by Gasteiger charge is 2.06. The lowest BCUT2D eigenvalue weighted by molar-refractivity contribution is -0.109. The van der Waals surface area contributed by atoms with E-state index in [-0.39, 0.29) is 5.12 Å². The Morgan fingerprint density at radius 3 is 2.47 bits per heavy atom. The van der Waals surface area contributed by atoms with Crippen LogP contribution in [-0.2, 0) is 4.79 Å². The van der Waals surface area contributed by atoms with Crippen LogP contribution in [0, 0.1) is 17.8 Å². The Morgan fingerprint density at radius 2 is 1.88 bits per heavy atom. The van der Waals surface area contributed by atoms with E-state index in [1.54, 1.807) is 6.92 Å². The molecular weight excluding hydrogens is 228 g/mol. The third-order valence-corrected chi connectivity index (χ3v) is 3.58. The van der Waals surface area contributed by atoms with Crippen LogP contribution >= 0.6 is 11.8 Å². The van der Waals surface area contributed by atoms with Crippen molar-refractivity contribution in [1.29, 1.82) is 0 Å². The van der Waals surface area contributed by atoms with Crippen molar-refractivity contribution in [2.24, 2.45) is 5.92 Å². The van der Waals surface area contributed by atoms with Crippen LogP contribution in [0.1, 0.15) is 65.7 Å². The van der Waals surface area contributed by atoms with E-state index < -0.39 is 0 Å². The van der Waals surface area contributed by atoms with E-state index in [1.807, 2.05) is 0 Å². The highest BCUT2D eigenvalue weighted by Crippen LogP contribution is 2.15. The molecular formula is C15H26OS. The molecule has 98 valence electrons. The summed E-state index contributed by atoms with van der Waals surface area (Å²) in [5.41, 5.74) is 0. The SMILES string of the molecule is CCCCCC#CC(CCCC)CSC(C)=O. The number of carbonyl (C=O) groups excluding carboxylic acids is 1. The van der Waals surface area contributed by atoms with Gasteiger partial charge in [0.05, 0.1) is 0 Å². The smallest absolute Gasteiger partial charge is 0.185 e. The van der Waals surface area contributed by atoms with Gasteiger partial charge in [-0.05, 0) is 12.8 Å². The van der Waals surface area contributed by atoms with Gasteiger partial charge in [0.15, 0.2) is 5.12 Å². The van der Waals surface area contributed by atoms with Crippen molar-refractivity contribution in [3.05, 3.63) is 0 Å². The maximum absolute atomic E-state index is 11.0. The van der Waals surface area contributed by atoms with Crippen LogP contribution in [0.25, 0.3) is 0 Å². The Labute approximate surface area is 111 Å². The quantitative estimate of drug-likeness (QED) is 0.463. The van der Waals surface area contributed by atoms with E-state index >= 15 is 0 Å². The molecule has 0 radical (unpaired) electrons. The van der Waals surface area contributed by atoms with Gasteiger partial charge in [-0.15, -0.1) is 5.92 Å². The predicted octanol–water partition coefficient (Wildman–Crippen LogP) is 4.66. The van der Waals surface area contributed by atoms with Gasteiger partial charge in [-0.2, -0.15) is 0 Å². The second-order valence-electron chi connectivity index (χ2n) is 4.42. The van der Waals surface area contributed by atoms with Gasteiger partial charge < -0.3 is 0 Å². The van der Waals surface area contributed by atoms with Gasteiger partial charge in [0, 0.05) is 25.0 Å². The molecule has 0 saturated carbocycles. The first kappa shape index (κ1) is 16.6. The summed E-state index contributed by atoms with van der Waals surface area (Å²) in [6.07, 6.45) is 8.31. The summed E-state index contributed by atoms with van der Waals surface area (Å²) < 4.78 is 0. The molecule has 17 heavy (non-hydrogen) atoms. The van der Waals surface area contributed by atoms with Gasteiger partial charge in [0.25, 0.3) is 0 Å². The van der Waals surface area contributed by atoms with E-state index in [1.165, 1.54) is 43.9 Å². The molecule has 0 saturated heterocycles. The molecule has 0 spiro atoms. The molecule has 1 atom stereocenters. The zero-order valence-corrected chi connectivity index (χ0v) is 12.4. The minimum absolute atomic E-state index is 0.208.